The zero-order chi connectivity index (χ0) is 10.7. The van der Waals surface area contributed by atoms with Crippen molar-refractivity contribution < 1.29 is 9.31 Å². The molecule has 0 aliphatic carbocycles. The van der Waals surface area contributed by atoms with Crippen molar-refractivity contribution in [1.82, 2.24) is 0 Å². The highest BCUT2D eigenvalue weighted by Crippen LogP contribution is 2.26. The summed E-state index contributed by atoms with van der Waals surface area (Å²) in [5.74, 6) is -0.622. The Morgan fingerprint density at radius 3 is 2.79 bits per heavy atom. The Morgan fingerprint density at radius 1 is 1.64 bits per heavy atom. The molecule has 0 bridgehead atoms. The van der Waals surface area contributed by atoms with Crippen LogP contribution in [-0.4, -0.2) is 4.92 Å². The number of nitrogens with zero attached hydrogens (tertiary/aromatic N) is 1. The molecule has 0 radical (unpaired) electrons. The average molecular weight is 198 g/mol. The zero-order valence-corrected chi connectivity index (χ0v) is 7.74. The molecule has 1 atom stereocenters. The standard InChI is InChI=1S/C9H11FN2O2/c1-2-8(11)7-4-3-6(10)5-9(7)12(13)14/h3-5,8H,2,11H2,1H3. The third kappa shape index (κ3) is 2.05. The van der Waals surface area contributed by atoms with Crippen LogP contribution in [0, 0.1) is 15.9 Å². The fraction of sp³-hybridized carbons (Fsp3) is 0.333. The highest BCUT2D eigenvalue weighted by atomic mass is 19.1. The molecule has 0 saturated heterocycles. The van der Waals surface area contributed by atoms with E-state index in [9.17, 15) is 14.5 Å². The number of rotatable bonds is 3. The number of hydrogen-bond donors (Lipinski definition) is 1. The Kier molecular flexibility index (Phi) is 3.14. The maximum absolute atomic E-state index is 12.7. The van der Waals surface area contributed by atoms with Gasteiger partial charge in [-0.25, -0.2) is 4.39 Å². The molecule has 14 heavy (non-hydrogen) atoms. The first-order chi connectivity index (χ1) is 6.56. The van der Waals surface area contributed by atoms with Crippen LogP contribution in [0.5, 0.6) is 0 Å². The van der Waals surface area contributed by atoms with Crippen LogP contribution in [0.2, 0.25) is 0 Å². The molecule has 2 N–H and O–H groups in total. The second-order valence-electron chi connectivity index (χ2n) is 2.97. The van der Waals surface area contributed by atoms with Crippen LogP contribution in [0.15, 0.2) is 18.2 Å². The minimum absolute atomic E-state index is 0.251. The molecule has 4 nitrogen and oxygen atoms in total. The third-order valence-corrected chi connectivity index (χ3v) is 2.03. The molecule has 1 aromatic rings. The minimum Gasteiger partial charge on any atom is -0.324 e. The van der Waals surface area contributed by atoms with Crippen molar-refractivity contribution in [3.63, 3.8) is 0 Å². The van der Waals surface area contributed by atoms with Gasteiger partial charge in [-0.1, -0.05) is 6.92 Å². The largest absolute Gasteiger partial charge is 0.324 e. The summed E-state index contributed by atoms with van der Waals surface area (Å²) >= 11 is 0. The van der Waals surface area contributed by atoms with Gasteiger partial charge >= 0.3 is 0 Å². The predicted octanol–water partition coefficient (Wildman–Crippen LogP) is 2.14. The van der Waals surface area contributed by atoms with E-state index in [1.54, 1.807) is 0 Å². The quantitative estimate of drug-likeness (QED) is 0.597. The van der Waals surface area contributed by atoms with E-state index in [2.05, 4.69) is 0 Å². The van der Waals surface area contributed by atoms with Gasteiger partial charge in [-0.15, -0.1) is 0 Å². The fourth-order valence-corrected chi connectivity index (χ4v) is 1.21. The minimum atomic E-state index is -0.622. The second-order valence-corrected chi connectivity index (χ2v) is 2.97. The van der Waals surface area contributed by atoms with Crippen LogP contribution in [-0.2, 0) is 0 Å². The number of nitro groups is 1. The van der Waals surface area contributed by atoms with Gasteiger partial charge in [0.05, 0.1) is 11.0 Å². The Bertz CT molecular complexity index is 355. The number of nitro benzene ring substituents is 1. The molecule has 0 aromatic heterocycles. The van der Waals surface area contributed by atoms with E-state index in [0.29, 0.717) is 12.0 Å². The highest BCUT2D eigenvalue weighted by Gasteiger charge is 2.18. The van der Waals surface area contributed by atoms with E-state index < -0.39 is 16.8 Å². The summed E-state index contributed by atoms with van der Waals surface area (Å²) in [6.45, 7) is 1.82. The van der Waals surface area contributed by atoms with Gasteiger partial charge in [0.1, 0.15) is 5.82 Å². The molecule has 1 unspecified atom stereocenters. The van der Waals surface area contributed by atoms with E-state index in [4.69, 9.17) is 5.73 Å². The van der Waals surface area contributed by atoms with E-state index in [0.717, 1.165) is 6.07 Å². The average Bonchev–Trinajstić information content (AvgIpc) is 2.16. The molecule has 1 rings (SSSR count). The molecule has 1 aromatic carbocycles. The Hall–Kier alpha value is -1.49. The molecule has 0 aliphatic heterocycles. The van der Waals surface area contributed by atoms with Crippen molar-refractivity contribution in [2.45, 2.75) is 19.4 Å². The molecule has 0 fully saturated rings. The van der Waals surface area contributed by atoms with Crippen LogP contribution < -0.4 is 5.73 Å². The first-order valence-electron chi connectivity index (χ1n) is 4.25. The van der Waals surface area contributed by atoms with Crippen molar-refractivity contribution in [2.75, 3.05) is 0 Å². The van der Waals surface area contributed by atoms with Gasteiger partial charge in [0, 0.05) is 11.6 Å². The summed E-state index contributed by atoms with van der Waals surface area (Å²) in [7, 11) is 0. The molecule has 0 amide bonds. The van der Waals surface area contributed by atoms with Gasteiger partial charge < -0.3 is 5.73 Å². The van der Waals surface area contributed by atoms with Crippen molar-refractivity contribution >= 4 is 5.69 Å². The lowest BCUT2D eigenvalue weighted by Crippen LogP contribution is -2.11. The topological polar surface area (TPSA) is 69.2 Å². The summed E-state index contributed by atoms with van der Waals surface area (Å²) < 4.78 is 12.7. The van der Waals surface area contributed by atoms with E-state index in [-0.39, 0.29) is 5.69 Å². The van der Waals surface area contributed by atoms with Crippen LogP contribution in [0.1, 0.15) is 24.9 Å². The van der Waals surface area contributed by atoms with Gasteiger partial charge in [-0.05, 0) is 18.6 Å². The number of halogens is 1. The summed E-state index contributed by atoms with van der Waals surface area (Å²) in [5, 5.41) is 10.6. The van der Waals surface area contributed by atoms with Gasteiger partial charge in [0.25, 0.3) is 5.69 Å². The van der Waals surface area contributed by atoms with Crippen molar-refractivity contribution in [2.24, 2.45) is 5.73 Å². The molecule has 76 valence electrons. The van der Waals surface area contributed by atoms with Crippen molar-refractivity contribution in [1.29, 1.82) is 0 Å². The monoisotopic (exact) mass is 198 g/mol. The summed E-state index contributed by atoms with van der Waals surface area (Å²) in [5.41, 5.74) is 5.78. The van der Waals surface area contributed by atoms with E-state index in [1.165, 1.54) is 12.1 Å². The Balaban J connectivity index is 3.21. The molecule has 0 saturated carbocycles. The second kappa shape index (κ2) is 4.15. The summed E-state index contributed by atoms with van der Waals surface area (Å²) in [6, 6.07) is 3.01. The highest BCUT2D eigenvalue weighted by molar-refractivity contribution is 5.42. The third-order valence-electron chi connectivity index (χ3n) is 2.03. The van der Waals surface area contributed by atoms with Crippen LogP contribution in [0.3, 0.4) is 0 Å². The van der Waals surface area contributed by atoms with Crippen molar-refractivity contribution in [3.8, 4) is 0 Å². The number of nitrogens with two attached hydrogens (primary N) is 1. The smallest absolute Gasteiger partial charge is 0.277 e. The fourth-order valence-electron chi connectivity index (χ4n) is 1.21. The predicted molar refractivity (Wildman–Crippen MR) is 50.3 cm³/mol. The molecular formula is C9H11FN2O2. The molecule has 5 heteroatoms. The van der Waals surface area contributed by atoms with Gasteiger partial charge in [0.2, 0.25) is 0 Å². The van der Waals surface area contributed by atoms with Crippen LogP contribution >= 0.6 is 0 Å². The van der Waals surface area contributed by atoms with Crippen LogP contribution in [0.25, 0.3) is 0 Å². The molecule has 0 aliphatic rings. The maximum atomic E-state index is 12.7. The lowest BCUT2D eigenvalue weighted by atomic mass is 10.0. The van der Waals surface area contributed by atoms with Gasteiger partial charge in [-0.3, -0.25) is 10.1 Å². The SMILES string of the molecule is CCC(N)c1ccc(F)cc1[N+](=O)[O-]. The summed E-state index contributed by atoms with van der Waals surface area (Å²) in [6.07, 6.45) is 0.576. The molecule has 0 heterocycles. The lowest BCUT2D eigenvalue weighted by Gasteiger charge is -2.08. The lowest BCUT2D eigenvalue weighted by molar-refractivity contribution is -0.385. The van der Waals surface area contributed by atoms with E-state index in [1.807, 2.05) is 6.92 Å². The number of benzene rings is 1. The zero-order valence-electron chi connectivity index (χ0n) is 7.74. The normalized spacial score (nSPS) is 12.5. The van der Waals surface area contributed by atoms with E-state index >= 15 is 0 Å². The maximum Gasteiger partial charge on any atom is 0.277 e. The molecule has 0 spiro atoms. The van der Waals surface area contributed by atoms with Gasteiger partial charge in [0.15, 0.2) is 0 Å². The number of hydrogen-bond acceptors (Lipinski definition) is 3. The first-order valence-corrected chi connectivity index (χ1v) is 4.25. The van der Waals surface area contributed by atoms with Crippen LogP contribution in [0.4, 0.5) is 10.1 Å². The Morgan fingerprint density at radius 2 is 2.29 bits per heavy atom. The van der Waals surface area contributed by atoms with Gasteiger partial charge in [-0.2, -0.15) is 0 Å². The first kappa shape index (κ1) is 10.6. The molecular weight excluding hydrogens is 187 g/mol. The summed E-state index contributed by atoms with van der Waals surface area (Å²) in [4.78, 5) is 9.96. The van der Waals surface area contributed by atoms with Crippen molar-refractivity contribution in [3.05, 3.63) is 39.7 Å². The Labute approximate surface area is 80.7 Å².